The summed E-state index contributed by atoms with van der Waals surface area (Å²) in [6.07, 6.45) is 8.86. The molecule has 0 bridgehead atoms. The van der Waals surface area contributed by atoms with Gasteiger partial charge in [-0.05, 0) is 68.2 Å². The molecule has 1 saturated carbocycles. The van der Waals surface area contributed by atoms with Gasteiger partial charge in [-0.1, -0.05) is 23.7 Å². The third-order valence-corrected chi connectivity index (χ3v) is 7.88. The summed E-state index contributed by atoms with van der Waals surface area (Å²) in [5, 5.41) is 7.98. The molecular weight excluding hydrogens is 448 g/mol. The Morgan fingerprint density at radius 2 is 1.71 bits per heavy atom. The minimum Gasteiger partial charge on any atom is -0.385 e. The number of ether oxygens (including phenoxy) is 2. The first-order valence-electron chi connectivity index (χ1n) is 12.9. The summed E-state index contributed by atoms with van der Waals surface area (Å²) in [4.78, 5) is 7.20. The highest BCUT2D eigenvalue weighted by Crippen LogP contribution is 2.32. The van der Waals surface area contributed by atoms with Crippen molar-refractivity contribution in [1.82, 2.24) is 9.88 Å². The minimum absolute atomic E-state index is 0.464. The number of hydrogen-bond acceptors (Lipinski definition) is 6. The van der Waals surface area contributed by atoms with Crippen molar-refractivity contribution in [1.29, 1.82) is 0 Å². The van der Waals surface area contributed by atoms with E-state index in [4.69, 9.17) is 21.1 Å². The van der Waals surface area contributed by atoms with Gasteiger partial charge in [-0.2, -0.15) is 0 Å². The molecule has 3 heterocycles. The summed E-state index contributed by atoms with van der Waals surface area (Å²) in [7, 11) is 0. The standard InChI is InChI=1S/C27H37ClN4O2/c28-26-19-30-27(31-22-4-6-24(7-5-22)32-10-14-34-15-11-32)17-25(26)21-2-1-3-23(16-21)29-18-20-8-12-33-13-9-20/h1-3,16-17,19-20,22,24,29H,4-15,18H2,(H,30,31)/t22-,24-. The number of morpholine rings is 1. The number of nitrogens with zero attached hydrogens (tertiary/aromatic N) is 2. The molecule has 2 aromatic rings. The van der Waals surface area contributed by atoms with Gasteiger partial charge in [0.15, 0.2) is 0 Å². The number of pyridine rings is 1. The Hall–Kier alpha value is -1.86. The second-order valence-corrected chi connectivity index (χ2v) is 10.3. The number of benzene rings is 1. The Labute approximate surface area is 208 Å². The maximum Gasteiger partial charge on any atom is 0.126 e. The lowest BCUT2D eigenvalue weighted by Crippen LogP contribution is -2.46. The van der Waals surface area contributed by atoms with Crippen LogP contribution in [-0.2, 0) is 9.47 Å². The van der Waals surface area contributed by atoms with Gasteiger partial charge in [0.1, 0.15) is 5.82 Å². The number of halogens is 1. The highest BCUT2D eigenvalue weighted by Gasteiger charge is 2.27. The molecule has 1 aromatic heterocycles. The molecule has 184 valence electrons. The third-order valence-electron chi connectivity index (χ3n) is 7.58. The summed E-state index contributed by atoms with van der Waals surface area (Å²) >= 11 is 6.59. The summed E-state index contributed by atoms with van der Waals surface area (Å²) in [5.41, 5.74) is 3.27. The van der Waals surface area contributed by atoms with Crippen molar-refractivity contribution in [3.8, 4) is 11.1 Å². The van der Waals surface area contributed by atoms with Crippen LogP contribution < -0.4 is 10.6 Å². The van der Waals surface area contributed by atoms with E-state index in [0.717, 1.165) is 81.5 Å². The first-order valence-corrected chi connectivity index (χ1v) is 13.3. The molecule has 5 rings (SSSR count). The molecule has 34 heavy (non-hydrogen) atoms. The molecule has 3 aliphatic rings. The lowest BCUT2D eigenvalue weighted by atomic mass is 9.90. The van der Waals surface area contributed by atoms with Crippen LogP contribution in [0.25, 0.3) is 11.1 Å². The van der Waals surface area contributed by atoms with Crippen molar-refractivity contribution in [2.24, 2.45) is 5.92 Å². The van der Waals surface area contributed by atoms with E-state index in [-0.39, 0.29) is 0 Å². The first-order chi connectivity index (χ1) is 16.7. The predicted molar refractivity (Wildman–Crippen MR) is 139 cm³/mol. The molecule has 2 aliphatic heterocycles. The van der Waals surface area contributed by atoms with Crippen LogP contribution >= 0.6 is 11.6 Å². The molecule has 1 aromatic carbocycles. The molecule has 2 N–H and O–H groups in total. The average Bonchev–Trinajstić information content (AvgIpc) is 2.90. The second kappa shape index (κ2) is 11.7. The highest BCUT2D eigenvalue weighted by atomic mass is 35.5. The van der Waals surface area contributed by atoms with Crippen molar-refractivity contribution < 1.29 is 9.47 Å². The lowest BCUT2D eigenvalue weighted by Gasteiger charge is -2.39. The summed E-state index contributed by atoms with van der Waals surface area (Å²) in [6.45, 7) is 6.65. The van der Waals surface area contributed by atoms with Crippen LogP contribution in [0.3, 0.4) is 0 Å². The van der Waals surface area contributed by atoms with Crippen molar-refractivity contribution in [2.75, 3.05) is 56.7 Å². The van der Waals surface area contributed by atoms with Crippen LogP contribution in [0.4, 0.5) is 11.5 Å². The number of rotatable bonds is 7. The van der Waals surface area contributed by atoms with Gasteiger partial charge in [0.05, 0.1) is 18.2 Å². The van der Waals surface area contributed by atoms with Gasteiger partial charge in [0.25, 0.3) is 0 Å². The summed E-state index contributed by atoms with van der Waals surface area (Å²) < 4.78 is 11.0. The van der Waals surface area contributed by atoms with Gasteiger partial charge in [0.2, 0.25) is 0 Å². The van der Waals surface area contributed by atoms with Crippen LogP contribution in [0.15, 0.2) is 36.5 Å². The summed E-state index contributed by atoms with van der Waals surface area (Å²) in [6, 6.07) is 11.8. The molecule has 1 aliphatic carbocycles. The monoisotopic (exact) mass is 484 g/mol. The van der Waals surface area contributed by atoms with Gasteiger partial charge in [0, 0.05) is 62.4 Å². The topological polar surface area (TPSA) is 58.7 Å². The average molecular weight is 485 g/mol. The van der Waals surface area contributed by atoms with Crippen LogP contribution in [-0.4, -0.2) is 68.0 Å². The van der Waals surface area contributed by atoms with Gasteiger partial charge in [-0.25, -0.2) is 4.98 Å². The molecule has 3 fully saturated rings. The third kappa shape index (κ3) is 6.22. The van der Waals surface area contributed by atoms with E-state index in [2.05, 4.69) is 50.8 Å². The van der Waals surface area contributed by atoms with Crippen molar-refractivity contribution in [3.63, 3.8) is 0 Å². The molecular formula is C27H37ClN4O2. The zero-order chi connectivity index (χ0) is 23.2. The van der Waals surface area contributed by atoms with Gasteiger partial charge >= 0.3 is 0 Å². The number of anilines is 2. The molecule has 0 amide bonds. The smallest absolute Gasteiger partial charge is 0.126 e. The van der Waals surface area contributed by atoms with E-state index >= 15 is 0 Å². The van der Waals surface area contributed by atoms with Crippen LogP contribution in [0.1, 0.15) is 38.5 Å². The SMILES string of the molecule is Clc1cnc(N[C@H]2CC[C@H](N3CCOCC3)CC2)cc1-c1cccc(NCC2CCOCC2)c1. The number of hydrogen-bond donors (Lipinski definition) is 2. The van der Waals surface area contributed by atoms with Crippen LogP contribution in [0.5, 0.6) is 0 Å². The molecule has 0 unspecified atom stereocenters. The predicted octanol–water partition coefficient (Wildman–Crippen LogP) is 5.30. The van der Waals surface area contributed by atoms with Gasteiger partial charge in [-0.3, -0.25) is 4.90 Å². The molecule has 0 atom stereocenters. The Morgan fingerprint density at radius 1 is 0.941 bits per heavy atom. The Balaban J connectivity index is 1.19. The Morgan fingerprint density at radius 3 is 2.50 bits per heavy atom. The number of aromatic nitrogens is 1. The van der Waals surface area contributed by atoms with Gasteiger partial charge < -0.3 is 20.1 Å². The van der Waals surface area contributed by atoms with Crippen LogP contribution in [0, 0.1) is 5.92 Å². The normalized spacial score (nSPS) is 24.6. The maximum absolute atomic E-state index is 6.59. The zero-order valence-electron chi connectivity index (χ0n) is 20.0. The van der Waals surface area contributed by atoms with E-state index in [9.17, 15) is 0 Å². The highest BCUT2D eigenvalue weighted by molar-refractivity contribution is 6.33. The van der Waals surface area contributed by atoms with Crippen molar-refractivity contribution in [3.05, 3.63) is 41.6 Å². The van der Waals surface area contributed by atoms with E-state index in [1.807, 2.05) is 0 Å². The Kier molecular flexibility index (Phi) is 8.22. The van der Waals surface area contributed by atoms with Gasteiger partial charge in [-0.15, -0.1) is 0 Å². The van der Waals surface area contributed by atoms with E-state index in [1.165, 1.54) is 25.7 Å². The second-order valence-electron chi connectivity index (χ2n) is 9.86. The fourth-order valence-corrected chi connectivity index (χ4v) is 5.70. The summed E-state index contributed by atoms with van der Waals surface area (Å²) in [5.74, 6) is 1.59. The fraction of sp³-hybridized carbons (Fsp3) is 0.593. The molecule has 2 saturated heterocycles. The lowest BCUT2D eigenvalue weighted by molar-refractivity contribution is 0.00790. The maximum atomic E-state index is 6.59. The fourth-order valence-electron chi connectivity index (χ4n) is 5.49. The number of nitrogens with one attached hydrogen (secondary N) is 2. The molecule has 0 radical (unpaired) electrons. The largest absolute Gasteiger partial charge is 0.385 e. The quantitative estimate of drug-likeness (QED) is 0.556. The van der Waals surface area contributed by atoms with E-state index in [1.54, 1.807) is 6.20 Å². The van der Waals surface area contributed by atoms with E-state index in [0.29, 0.717) is 23.0 Å². The zero-order valence-corrected chi connectivity index (χ0v) is 20.7. The van der Waals surface area contributed by atoms with E-state index < -0.39 is 0 Å². The van der Waals surface area contributed by atoms with Crippen molar-refractivity contribution in [2.45, 2.75) is 50.6 Å². The molecule has 6 nitrogen and oxygen atoms in total. The van der Waals surface area contributed by atoms with Crippen molar-refractivity contribution >= 4 is 23.1 Å². The molecule has 0 spiro atoms. The minimum atomic E-state index is 0.464. The first kappa shape index (κ1) is 23.9. The van der Waals surface area contributed by atoms with Crippen LogP contribution in [0.2, 0.25) is 5.02 Å². The Bertz CT molecular complexity index is 923. The molecule has 7 heteroatoms.